The summed E-state index contributed by atoms with van der Waals surface area (Å²) in [5, 5.41) is 9.06. The van der Waals surface area contributed by atoms with E-state index >= 15 is 0 Å². The molecule has 0 saturated carbocycles. The van der Waals surface area contributed by atoms with Gasteiger partial charge >= 0.3 is 0 Å². The molecule has 0 unspecified atom stereocenters. The Balaban J connectivity index is 2.02. The molecule has 1 aliphatic rings. The highest BCUT2D eigenvalue weighted by Gasteiger charge is 2.20. The minimum Gasteiger partial charge on any atom is -0.481 e. The van der Waals surface area contributed by atoms with Crippen molar-refractivity contribution in [1.82, 2.24) is 9.97 Å². The Morgan fingerprint density at radius 1 is 1.50 bits per heavy atom. The second-order valence-electron chi connectivity index (χ2n) is 4.01. The number of aliphatic hydroxyl groups is 1. The summed E-state index contributed by atoms with van der Waals surface area (Å²) in [5.41, 5.74) is 0. The van der Waals surface area contributed by atoms with Gasteiger partial charge in [-0.15, -0.1) is 0 Å². The Morgan fingerprint density at radius 3 is 2.88 bits per heavy atom. The fraction of sp³-hybridized carbons (Fsp3) is 0.636. The van der Waals surface area contributed by atoms with Gasteiger partial charge in [0, 0.05) is 32.0 Å². The van der Waals surface area contributed by atoms with Crippen molar-refractivity contribution in [3.8, 4) is 5.88 Å². The van der Waals surface area contributed by atoms with Gasteiger partial charge in [-0.3, -0.25) is 0 Å². The van der Waals surface area contributed by atoms with Gasteiger partial charge in [0.2, 0.25) is 11.8 Å². The molecule has 1 N–H and O–H groups in total. The van der Waals surface area contributed by atoms with Gasteiger partial charge in [0.05, 0.1) is 7.11 Å². The summed E-state index contributed by atoms with van der Waals surface area (Å²) < 4.78 is 5.07. The summed E-state index contributed by atoms with van der Waals surface area (Å²) >= 11 is 0. The van der Waals surface area contributed by atoms with E-state index in [0.29, 0.717) is 11.8 Å². The maximum Gasteiger partial charge on any atom is 0.228 e. The fourth-order valence-corrected chi connectivity index (χ4v) is 1.91. The van der Waals surface area contributed by atoms with Crippen LogP contribution in [0, 0.1) is 5.92 Å². The van der Waals surface area contributed by atoms with E-state index in [2.05, 4.69) is 14.9 Å². The first-order valence-corrected chi connectivity index (χ1v) is 5.56. The summed E-state index contributed by atoms with van der Waals surface area (Å²) in [6.45, 7) is 2.09. The van der Waals surface area contributed by atoms with E-state index in [-0.39, 0.29) is 6.61 Å². The van der Waals surface area contributed by atoms with Gasteiger partial charge in [-0.2, -0.15) is 4.98 Å². The largest absolute Gasteiger partial charge is 0.481 e. The lowest BCUT2D eigenvalue weighted by molar-refractivity contribution is 0.202. The zero-order valence-electron chi connectivity index (χ0n) is 9.46. The molecular formula is C11H17N3O2. The minimum atomic E-state index is 0.285. The zero-order chi connectivity index (χ0) is 11.4. The van der Waals surface area contributed by atoms with E-state index in [1.165, 1.54) is 0 Å². The molecule has 1 aromatic rings. The van der Waals surface area contributed by atoms with Crippen LogP contribution in [0.15, 0.2) is 12.3 Å². The van der Waals surface area contributed by atoms with Crippen LogP contribution in [0.1, 0.15) is 12.8 Å². The maximum atomic E-state index is 9.06. The van der Waals surface area contributed by atoms with Crippen LogP contribution in [0.5, 0.6) is 5.88 Å². The number of nitrogens with zero attached hydrogens (tertiary/aromatic N) is 3. The summed E-state index contributed by atoms with van der Waals surface area (Å²) in [6.07, 6.45) is 3.70. The van der Waals surface area contributed by atoms with Crippen molar-refractivity contribution < 1.29 is 9.84 Å². The Morgan fingerprint density at radius 2 is 2.25 bits per heavy atom. The molecule has 0 aromatic carbocycles. The van der Waals surface area contributed by atoms with Crippen molar-refractivity contribution in [3.63, 3.8) is 0 Å². The number of hydrogen-bond acceptors (Lipinski definition) is 5. The third kappa shape index (κ3) is 2.41. The lowest BCUT2D eigenvalue weighted by Gasteiger charge is -2.31. The molecule has 1 aromatic heterocycles. The molecule has 16 heavy (non-hydrogen) atoms. The van der Waals surface area contributed by atoms with Crippen LogP contribution in [-0.4, -0.2) is 41.9 Å². The van der Waals surface area contributed by atoms with E-state index in [9.17, 15) is 0 Å². The van der Waals surface area contributed by atoms with Crippen molar-refractivity contribution in [2.24, 2.45) is 5.92 Å². The first-order valence-electron chi connectivity index (χ1n) is 5.56. The summed E-state index contributed by atoms with van der Waals surface area (Å²) in [4.78, 5) is 10.7. The molecular weight excluding hydrogens is 206 g/mol. The standard InChI is InChI=1S/C11H17N3O2/c1-16-10-2-5-12-11(13-10)14-6-3-9(8-15)4-7-14/h2,5,9,15H,3-4,6-8H2,1H3. The molecule has 0 aliphatic carbocycles. The number of rotatable bonds is 3. The first kappa shape index (κ1) is 11.1. The van der Waals surface area contributed by atoms with Crippen LogP contribution in [0.4, 0.5) is 5.95 Å². The maximum absolute atomic E-state index is 9.06. The quantitative estimate of drug-likeness (QED) is 0.817. The number of anilines is 1. The zero-order valence-corrected chi connectivity index (χ0v) is 9.46. The van der Waals surface area contributed by atoms with Crippen molar-refractivity contribution >= 4 is 5.95 Å². The Labute approximate surface area is 95.1 Å². The smallest absolute Gasteiger partial charge is 0.228 e. The van der Waals surface area contributed by atoms with E-state index in [4.69, 9.17) is 9.84 Å². The Hall–Kier alpha value is -1.36. The molecule has 2 heterocycles. The molecule has 1 saturated heterocycles. The molecule has 0 bridgehead atoms. The van der Waals surface area contributed by atoms with Crippen LogP contribution in [0.2, 0.25) is 0 Å². The average molecular weight is 223 g/mol. The molecule has 0 spiro atoms. The van der Waals surface area contributed by atoms with Gasteiger partial charge < -0.3 is 14.7 Å². The monoisotopic (exact) mass is 223 g/mol. The summed E-state index contributed by atoms with van der Waals surface area (Å²) in [5.74, 6) is 1.74. The highest BCUT2D eigenvalue weighted by molar-refractivity contribution is 5.32. The molecule has 0 amide bonds. The van der Waals surface area contributed by atoms with Crippen LogP contribution in [0.3, 0.4) is 0 Å². The van der Waals surface area contributed by atoms with E-state index in [1.54, 1.807) is 19.4 Å². The topological polar surface area (TPSA) is 58.5 Å². The Bertz CT molecular complexity index is 338. The Kier molecular flexibility index (Phi) is 3.56. The minimum absolute atomic E-state index is 0.285. The highest BCUT2D eigenvalue weighted by Crippen LogP contribution is 2.21. The molecule has 0 radical (unpaired) electrons. The van der Waals surface area contributed by atoms with Crippen LogP contribution >= 0.6 is 0 Å². The fourth-order valence-electron chi connectivity index (χ4n) is 1.91. The predicted molar refractivity (Wildman–Crippen MR) is 60.6 cm³/mol. The number of aliphatic hydroxyl groups excluding tert-OH is 1. The molecule has 5 heteroatoms. The van der Waals surface area contributed by atoms with Gasteiger partial charge in [-0.25, -0.2) is 4.98 Å². The normalized spacial score (nSPS) is 17.5. The third-order valence-corrected chi connectivity index (χ3v) is 2.98. The number of methoxy groups -OCH3 is 1. The molecule has 2 rings (SSSR count). The summed E-state index contributed by atoms with van der Waals surface area (Å²) in [6, 6.07) is 1.74. The van der Waals surface area contributed by atoms with Gasteiger partial charge in [0.15, 0.2) is 0 Å². The van der Waals surface area contributed by atoms with Gasteiger partial charge in [-0.05, 0) is 18.8 Å². The molecule has 1 fully saturated rings. The molecule has 0 atom stereocenters. The number of aromatic nitrogens is 2. The number of hydrogen-bond donors (Lipinski definition) is 1. The molecule has 1 aliphatic heterocycles. The second-order valence-corrected chi connectivity index (χ2v) is 4.01. The van der Waals surface area contributed by atoms with Gasteiger partial charge in [-0.1, -0.05) is 0 Å². The third-order valence-electron chi connectivity index (χ3n) is 2.98. The van der Waals surface area contributed by atoms with Gasteiger partial charge in [0.25, 0.3) is 0 Å². The summed E-state index contributed by atoms with van der Waals surface area (Å²) in [7, 11) is 1.60. The second kappa shape index (κ2) is 5.12. The molecule has 88 valence electrons. The van der Waals surface area contributed by atoms with Crippen molar-refractivity contribution in [1.29, 1.82) is 0 Å². The van der Waals surface area contributed by atoms with Crippen molar-refractivity contribution in [2.45, 2.75) is 12.8 Å². The highest BCUT2D eigenvalue weighted by atomic mass is 16.5. The lowest BCUT2D eigenvalue weighted by atomic mass is 9.98. The van der Waals surface area contributed by atoms with E-state index in [1.807, 2.05) is 0 Å². The van der Waals surface area contributed by atoms with Gasteiger partial charge in [0.1, 0.15) is 0 Å². The molecule has 5 nitrogen and oxygen atoms in total. The predicted octanol–water partition coefficient (Wildman–Crippen LogP) is 0.694. The lowest BCUT2D eigenvalue weighted by Crippen LogP contribution is -2.35. The van der Waals surface area contributed by atoms with Crippen molar-refractivity contribution in [3.05, 3.63) is 12.3 Å². The van der Waals surface area contributed by atoms with Crippen molar-refractivity contribution in [2.75, 3.05) is 31.7 Å². The number of ether oxygens (including phenoxy) is 1. The van der Waals surface area contributed by atoms with E-state index < -0.39 is 0 Å². The van der Waals surface area contributed by atoms with Crippen LogP contribution in [0.25, 0.3) is 0 Å². The SMILES string of the molecule is COc1ccnc(N2CCC(CO)CC2)n1. The number of piperidine rings is 1. The first-order chi connectivity index (χ1) is 7.83. The van der Waals surface area contributed by atoms with Crippen LogP contribution < -0.4 is 9.64 Å². The van der Waals surface area contributed by atoms with E-state index in [0.717, 1.165) is 31.9 Å². The van der Waals surface area contributed by atoms with Crippen LogP contribution in [-0.2, 0) is 0 Å². The average Bonchev–Trinajstić information content (AvgIpc) is 2.39.